The van der Waals surface area contributed by atoms with Gasteiger partial charge in [-0.2, -0.15) is 0 Å². The molecule has 0 spiro atoms. The Balaban J connectivity index is 0.949. The number of hydrogen-bond acceptors (Lipinski definition) is 17. The number of carbonyl (C=O) groups is 4. The normalized spacial score (nSPS) is 21.4. The summed E-state index contributed by atoms with van der Waals surface area (Å²) in [6.45, 7) is 2.72. The number of unbranched alkanes of at least 4 members (excludes halogenated alkanes) is 16. The summed E-state index contributed by atoms with van der Waals surface area (Å²) in [5.41, 5.74) is 3.53. The minimum atomic E-state index is -2.10. The maximum Gasteiger partial charge on any atom is 0.243 e. The van der Waals surface area contributed by atoms with E-state index in [1.54, 1.807) is 13.1 Å². The predicted molar refractivity (Wildman–Crippen MR) is 289 cm³/mol. The fraction of sp³-hybridized carbons (Fsp3) is 0.614. The van der Waals surface area contributed by atoms with Crippen LogP contribution in [0.4, 0.5) is 0 Å². The molecule has 21 heteroatoms. The molecule has 21 nitrogen and oxygen atoms in total. The molecule has 3 heterocycles. The number of aliphatic hydroxyl groups is 3. The van der Waals surface area contributed by atoms with Gasteiger partial charge in [-0.05, 0) is 19.4 Å². The molecule has 2 aromatic carbocycles. The zero-order chi connectivity index (χ0) is 55.8. The fourth-order valence-corrected chi connectivity index (χ4v) is 11.0. The molecule has 4 aromatic rings. The number of phenols is 2. The van der Waals surface area contributed by atoms with E-state index in [0.717, 1.165) is 25.7 Å². The minimum Gasteiger partial charge on any atom is -0.507 e. The number of nitrogens with one attached hydrogen (secondary N) is 3. The molecule has 7 rings (SSSR count). The summed E-state index contributed by atoms with van der Waals surface area (Å²) in [5.74, 6) is -3.48. The highest BCUT2D eigenvalue weighted by Gasteiger charge is 2.49. The largest absolute Gasteiger partial charge is 0.507 e. The predicted octanol–water partition coefficient (Wildman–Crippen LogP) is 6.23. The molecule has 426 valence electrons. The molecule has 78 heavy (non-hydrogen) atoms. The number of rotatable bonds is 31. The van der Waals surface area contributed by atoms with Crippen molar-refractivity contribution in [2.75, 3.05) is 13.7 Å². The highest BCUT2D eigenvalue weighted by molar-refractivity contribution is 6.31. The van der Waals surface area contributed by atoms with Crippen LogP contribution < -0.4 is 21.1 Å². The van der Waals surface area contributed by atoms with Gasteiger partial charge in [-0.15, -0.1) is 5.10 Å². The zero-order valence-electron chi connectivity index (χ0n) is 45.5. The number of hydrogen-bond donors (Lipinski definition) is 9. The highest BCUT2D eigenvalue weighted by Crippen LogP contribution is 2.52. The second-order valence-corrected chi connectivity index (χ2v) is 21.2. The van der Waals surface area contributed by atoms with Crippen LogP contribution in [0.15, 0.2) is 41.9 Å². The second kappa shape index (κ2) is 28.7. The standard InChI is InChI=1S/C57H81N9O12/c1-4-5-6-7-8-9-10-11-12-13-14-15-16-17-18-19-20-24-45(68)63-41(25-36-29-59-33-61-36)56(74)60-30-37-31-66(65-64-37)34-62-44(32-67)57(75)27-39-48(43(28-57)78-46-26-40(58)51(69)35(2)77-46)55(73)50-49(53(39)71)52(70)38-22-21-23-42(76-3)47(38)54(50)72/h21-23,29,31,33,35,40-41,43,46,51,67,69,71,73,75H,4-20,24-28,30,32,34,58H2,1-3H3,(H,59,61)(H,60,74)(H,63,68)/b62-44-. The number of fused-ring (bicyclic) bond motifs is 3. The first-order valence-electron chi connectivity index (χ1n) is 28.1. The summed E-state index contributed by atoms with van der Waals surface area (Å²) in [4.78, 5) is 66.6. The number of carbonyl (C=O) groups excluding carboxylic acids is 4. The third-order valence-electron chi connectivity index (χ3n) is 15.4. The first kappa shape index (κ1) is 59.6. The molecule has 3 aliphatic rings. The lowest BCUT2D eigenvalue weighted by atomic mass is 9.71. The van der Waals surface area contributed by atoms with Crippen LogP contribution in [-0.2, 0) is 45.1 Å². The van der Waals surface area contributed by atoms with Gasteiger partial charge in [-0.3, -0.25) is 24.2 Å². The van der Waals surface area contributed by atoms with Crippen molar-refractivity contribution in [2.24, 2.45) is 10.7 Å². The van der Waals surface area contributed by atoms with Crippen molar-refractivity contribution in [2.45, 2.75) is 211 Å². The van der Waals surface area contributed by atoms with Crippen LogP contribution in [0.3, 0.4) is 0 Å². The quantitative estimate of drug-likeness (QED) is 0.0135. The van der Waals surface area contributed by atoms with E-state index in [9.17, 15) is 44.7 Å². The van der Waals surface area contributed by atoms with E-state index in [2.05, 4.69) is 42.8 Å². The molecule has 1 saturated heterocycles. The van der Waals surface area contributed by atoms with Gasteiger partial charge in [-0.1, -0.05) is 127 Å². The van der Waals surface area contributed by atoms with E-state index in [1.165, 1.54) is 126 Å². The molecule has 1 aliphatic heterocycles. The zero-order valence-corrected chi connectivity index (χ0v) is 45.5. The van der Waals surface area contributed by atoms with E-state index < -0.39 is 102 Å². The van der Waals surface area contributed by atoms with Crippen molar-refractivity contribution in [1.29, 1.82) is 0 Å². The molecule has 7 atom stereocenters. The van der Waals surface area contributed by atoms with Crippen LogP contribution in [0.25, 0.3) is 0 Å². The topological polar surface area (TPSA) is 319 Å². The van der Waals surface area contributed by atoms with Crippen LogP contribution in [0.5, 0.6) is 17.2 Å². The Morgan fingerprint density at radius 1 is 0.936 bits per heavy atom. The average molecular weight is 1080 g/mol. The number of amides is 2. The van der Waals surface area contributed by atoms with Crippen molar-refractivity contribution in [1.82, 2.24) is 35.6 Å². The Morgan fingerprint density at radius 3 is 2.21 bits per heavy atom. The molecular formula is C57H81N9O12. The molecule has 2 amide bonds. The van der Waals surface area contributed by atoms with Gasteiger partial charge in [-0.25, -0.2) is 9.67 Å². The Hall–Kier alpha value is -6.10. The number of nitrogens with two attached hydrogens (primary N) is 1. The monoisotopic (exact) mass is 1080 g/mol. The fourth-order valence-electron chi connectivity index (χ4n) is 11.0. The number of H-pyrrole nitrogens is 1. The Bertz CT molecular complexity index is 2660. The Morgan fingerprint density at radius 2 is 1.59 bits per heavy atom. The number of aromatic amines is 1. The number of aliphatic imine (C=N–C) groups is 1. The number of imidazole rings is 1. The average Bonchev–Trinajstić information content (AvgIpc) is 4.21. The van der Waals surface area contributed by atoms with Gasteiger partial charge in [0.15, 0.2) is 12.1 Å². The van der Waals surface area contributed by atoms with Gasteiger partial charge in [0.25, 0.3) is 0 Å². The first-order chi connectivity index (χ1) is 37.7. The van der Waals surface area contributed by atoms with Crippen LogP contribution in [0.2, 0.25) is 0 Å². The molecular weight excluding hydrogens is 1000 g/mol. The van der Waals surface area contributed by atoms with Gasteiger partial charge in [0.2, 0.25) is 17.6 Å². The number of benzene rings is 2. The van der Waals surface area contributed by atoms with Gasteiger partial charge in [0.05, 0.1) is 79.2 Å². The molecule has 0 radical (unpaired) electrons. The Labute approximate surface area is 456 Å². The third-order valence-corrected chi connectivity index (χ3v) is 15.4. The first-order valence-corrected chi connectivity index (χ1v) is 28.1. The number of aromatic nitrogens is 5. The van der Waals surface area contributed by atoms with E-state index in [1.807, 2.05) is 0 Å². The minimum absolute atomic E-state index is 0.00941. The maximum atomic E-state index is 14.2. The molecule has 1 fully saturated rings. The summed E-state index contributed by atoms with van der Waals surface area (Å²) < 4.78 is 19.0. The van der Waals surface area contributed by atoms with Gasteiger partial charge in [0.1, 0.15) is 41.3 Å². The molecule has 7 unspecified atom stereocenters. The maximum absolute atomic E-state index is 14.2. The molecule has 2 aromatic heterocycles. The Kier molecular flexibility index (Phi) is 21.9. The van der Waals surface area contributed by atoms with Gasteiger partial charge < -0.3 is 61.1 Å². The van der Waals surface area contributed by atoms with Crippen molar-refractivity contribution in [3.8, 4) is 17.2 Å². The van der Waals surface area contributed by atoms with E-state index in [4.69, 9.17) is 19.9 Å². The van der Waals surface area contributed by atoms with Crippen molar-refractivity contribution in [3.05, 3.63) is 81.7 Å². The number of phenolic OH excluding ortho intramolecular Hbond substituents is 2. The van der Waals surface area contributed by atoms with Gasteiger partial charge >= 0.3 is 0 Å². The summed E-state index contributed by atoms with van der Waals surface area (Å²) in [6, 6.07) is 2.73. The lowest BCUT2D eigenvalue weighted by molar-refractivity contribution is -0.245. The van der Waals surface area contributed by atoms with Gasteiger partial charge in [0, 0.05) is 61.0 Å². The SMILES string of the molecule is CCCCCCCCCCCCCCCCCCCC(=O)NC(Cc1c[nH]cn1)C(=O)NCc1cn(C/N=C(/CO)C2(O)Cc3c(O)c4c(c(O)c3C(OC3CC(N)C(O)C(C)O3)C2)C(=O)c2c(OC)cccc2C4=O)nn1. The molecule has 0 bridgehead atoms. The molecule has 2 aliphatic carbocycles. The summed E-state index contributed by atoms with van der Waals surface area (Å²) in [6.07, 6.45) is 21.1. The smallest absolute Gasteiger partial charge is 0.243 e. The third kappa shape index (κ3) is 15.0. The van der Waals surface area contributed by atoms with E-state index in [-0.39, 0.29) is 65.7 Å². The number of aromatic hydroxyl groups is 2. The lowest BCUT2D eigenvalue weighted by Gasteiger charge is -2.43. The number of nitrogens with zero attached hydrogens (tertiary/aromatic N) is 5. The van der Waals surface area contributed by atoms with Crippen molar-refractivity contribution in [3.63, 3.8) is 0 Å². The van der Waals surface area contributed by atoms with Crippen LogP contribution in [0, 0.1) is 0 Å². The lowest BCUT2D eigenvalue weighted by Crippen LogP contribution is -2.53. The number of ether oxygens (including phenoxy) is 3. The van der Waals surface area contributed by atoms with Crippen LogP contribution in [0.1, 0.15) is 203 Å². The van der Waals surface area contributed by atoms with Crippen LogP contribution in [-0.4, -0.2) is 129 Å². The number of ketones is 2. The summed E-state index contributed by atoms with van der Waals surface area (Å²) >= 11 is 0. The summed E-state index contributed by atoms with van der Waals surface area (Å²) in [5, 5.41) is 71.8. The van der Waals surface area contributed by atoms with Crippen molar-refractivity contribution >= 4 is 29.1 Å². The summed E-state index contributed by atoms with van der Waals surface area (Å²) in [7, 11) is 1.33. The second-order valence-electron chi connectivity index (χ2n) is 21.2. The number of methoxy groups -OCH3 is 1. The molecule has 10 N–H and O–H groups in total. The van der Waals surface area contributed by atoms with Crippen LogP contribution >= 0.6 is 0 Å². The van der Waals surface area contributed by atoms with Crippen molar-refractivity contribution < 1.29 is 58.9 Å². The molecule has 0 saturated carbocycles. The van der Waals surface area contributed by atoms with E-state index >= 15 is 0 Å². The number of aliphatic hydroxyl groups excluding tert-OH is 2. The van der Waals surface area contributed by atoms with E-state index in [0.29, 0.717) is 17.8 Å². The highest BCUT2D eigenvalue weighted by atomic mass is 16.7.